The van der Waals surface area contributed by atoms with Crippen LogP contribution in [0.5, 0.6) is 0 Å². The number of unbranched alkanes of at least 4 members (excludes halogenated alkanes) is 9. The van der Waals surface area contributed by atoms with Crippen molar-refractivity contribution < 1.29 is 33.2 Å². The average Bonchev–Trinajstić information content (AvgIpc) is 3.34. The van der Waals surface area contributed by atoms with Gasteiger partial charge in [0.25, 0.3) is 5.91 Å². The first-order chi connectivity index (χ1) is 17.3. The number of halogens is 1. The van der Waals surface area contributed by atoms with E-state index in [9.17, 15) is 14.3 Å². The fraction of sp³-hybridized carbons (Fsp3) is 0.750. The third-order valence-corrected chi connectivity index (χ3v) is 6.84. The second-order valence-corrected chi connectivity index (χ2v) is 10.4. The summed E-state index contributed by atoms with van der Waals surface area (Å²) >= 11 is 0. The van der Waals surface area contributed by atoms with E-state index in [0.717, 1.165) is 12.8 Å². The second kappa shape index (κ2) is 14.4. The van der Waals surface area contributed by atoms with Gasteiger partial charge < -0.3 is 29.4 Å². The fourth-order valence-corrected chi connectivity index (χ4v) is 4.92. The van der Waals surface area contributed by atoms with Gasteiger partial charge in [-0.05, 0) is 44.5 Å². The molecule has 1 amide bonds. The van der Waals surface area contributed by atoms with Crippen molar-refractivity contribution in [3.63, 3.8) is 0 Å². The number of amides is 1. The van der Waals surface area contributed by atoms with E-state index in [0.29, 0.717) is 12.2 Å². The average molecular weight is 510 g/mol. The molecule has 3 rings (SSSR count). The lowest BCUT2D eigenvalue weighted by molar-refractivity contribution is -0.237. The van der Waals surface area contributed by atoms with Gasteiger partial charge in [-0.3, -0.25) is 4.79 Å². The molecule has 0 saturated carbocycles. The molecule has 0 aliphatic carbocycles. The van der Waals surface area contributed by atoms with Crippen molar-refractivity contribution in [1.29, 1.82) is 0 Å². The highest BCUT2D eigenvalue weighted by molar-refractivity contribution is 5.94. The van der Waals surface area contributed by atoms with Gasteiger partial charge >= 0.3 is 0 Å². The molecule has 2 fully saturated rings. The van der Waals surface area contributed by atoms with Crippen LogP contribution in [0, 0.1) is 5.82 Å². The fourth-order valence-electron chi connectivity index (χ4n) is 4.92. The van der Waals surface area contributed by atoms with Crippen molar-refractivity contribution in [1.82, 2.24) is 5.32 Å². The number of benzene rings is 1. The lowest BCUT2D eigenvalue weighted by Crippen LogP contribution is -2.50. The minimum atomic E-state index is -0.822. The molecule has 7 nitrogen and oxygen atoms in total. The van der Waals surface area contributed by atoms with Gasteiger partial charge in [0.15, 0.2) is 12.1 Å². The summed E-state index contributed by atoms with van der Waals surface area (Å²) in [6.45, 7) is 6.09. The Morgan fingerprint density at radius 2 is 1.58 bits per heavy atom. The summed E-state index contributed by atoms with van der Waals surface area (Å²) in [6, 6.07) is 4.50. The lowest BCUT2D eigenvalue weighted by atomic mass is 10.0. The number of hydrogen-bond acceptors (Lipinski definition) is 6. The van der Waals surface area contributed by atoms with Crippen LogP contribution in [-0.4, -0.2) is 60.7 Å². The molecule has 36 heavy (non-hydrogen) atoms. The molecule has 0 radical (unpaired) electrons. The summed E-state index contributed by atoms with van der Waals surface area (Å²) in [5.41, 5.74) is 0.294. The summed E-state index contributed by atoms with van der Waals surface area (Å²) in [4.78, 5) is 12.7. The molecule has 2 aliphatic heterocycles. The summed E-state index contributed by atoms with van der Waals surface area (Å²) < 4.78 is 37.5. The van der Waals surface area contributed by atoms with E-state index in [2.05, 4.69) is 12.2 Å². The molecule has 2 aliphatic rings. The van der Waals surface area contributed by atoms with Gasteiger partial charge in [-0.2, -0.15) is 0 Å². The third kappa shape index (κ3) is 8.48. The Bertz CT molecular complexity index is 789. The monoisotopic (exact) mass is 509 g/mol. The van der Waals surface area contributed by atoms with Gasteiger partial charge in [-0.25, -0.2) is 4.39 Å². The van der Waals surface area contributed by atoms with Crippen LogP contribution in [0.25, 0.3) is 0 Å². The zero-order valence-electron chi connectivity index (χ0n) is 22.0. The van der Waals surface area contributed by atoms with Gasteiger partial charge in [0, 0.05) is 12.2 Å². The third-order valence-electron chi connectivity index (χ3n) is 6.84. The van der Waals surface area contributed by atoms with Crippen molar-refractivity contribution in [2.45, 2.75) is 121 Å². The summed E-state index contributed by atoms with van der Waals surface area (Å²) in [6.07, 6.45) is 10.2. The molecular weight excluding hydrogens is 465 g/mol. The summed E-state index contributed by atoms with van der Waals surface area (Å²) in [7, 11) is 0. The minimum Gasteiger partial charge on any atom is -0.394 e. The van der Waals surface area contributed by atoms with Crippen molar-refractivity contribution in [3.8, 4) is 0 Å². The number of fused-ring (bicyclic) bond motifs is 1. The molecule has 204 valence electrons. The number of ether oxygens (including phenoxy) is 4. The molecular formula is C28H44FNO6. The predicted octanol–water partition coefficient (Wildman–Crippen LogP) is 5.10. The zero-order valence-corrected chi connectivity index (χ0v) is 22.0. The second-order valence-electron chi connectivity index (χ2n) is 10.4. The van der Waals surface area contributed by atoms with Crippen LogP contribution in [0.4, 0.5) is 4.39 Å². The molecule has 0 spiro atoms. The molecule has 2 N–H and O–H groups in total. The highest BCUT2D eigenvalue weighted by Gasteiger charge is 2.57. The van der Waals surface area contributed by atoms with Crippen LogP contribution in [0.2, 0.25) is 0 Å². The number of carbonyl (C=O) groups excluding carboxylic acids is 1. The topological polar surface area (TPSA) is 86.2 Å². The van der Waals surface area contributed by atoms with Crippen LogP contribution in [0.15, 0.2) is 24.3 Å². The Hall–Kier alpha value is -1.58. The van der Waals surface area contributed by atoms with Gasteiger partial charge in [0.2, 0.25) is 0 Å². The largest absolute Gasteiger partial charge is 0.394 e. The quantitative estimate of drug-likeness (QED) is 0.302. The van der Waals surface area contributed by atoms with Crippen LogP contribution in [0.1, 0.15) is 95.3 Å². The first-order valence-corrected chi connectivity index (χ1v) is 13.6. The molecule has 0 bridgehead atoms. The van der Waals surface area contributed by atoms with E-state index in [-0.39, 0.29) is 6.61 Å². The first-order valence-electron chi connectivity index (χ1n) is 13.6. The number of nitrogens with one attached hydrogen (secondary N) is 1. The normalized spacial score (nSPS) is 25.6. The Kier molecular flexibility index (Phi) is 11.6. The maximum atomic E-state index is 13.2. The van der Waals surface area contributed by atoms with E-state index in [1.807, 2.05) is 13.8 Å². The van der Waals surface area contributed by atoms with Crippen molar-refractivity contribution in [2.24, 2.45) is 0 Å². The van der Waals surface area contributed by atoms with Gasteiger partial charge in [0.05, 0.1) is 12.6 Å². The first kappa shape index (κ1) is 29.0. The van der Waals surface area contributed by atoms with E-state index < -0.39 is 48.2 Å². The minimum absolute atomic E-state index is 0.294. The summed E-state index contributed by atoms with van der Waals surface area (Å²) in [5.74, 6) is -1.67. The Morgan fingerprint density at radius 3 is 2.19 bits per heavy atom. The molecule has 2 saturated heterocycles. The Balaban J connectivity index is 1.45. The molecule has 2 heterocycles. The van der Waals surface area contributed by atoms with Crippen molar-refractivity contribution >= 4 is 5.91 Å². The molecule has 0 unspecified atom stereocenters. The molecule has 5 atom stereocenters. The van der Waals surface area contributed by atoms with Crippen LogP contribution >= 0.6 is 0 Å². The smallest absolute Gasteiger partial charge is 0.251 e. The maximum absolute atomic E-state index is 13.2. The number of hydrogen-bond donors (Lipinski definition) is 2. The SMILES string of the molecule is CCCCCCCCCCCCO[C@H]1O[C@H]([C@H](CO)NC(=O)c2ccc(F)cc2)[C@@H]2OC(C)(C)O[C@H]12. The Labute approximate surface area is 215 Å². The van der Waals surface area contributed by atoms with E-state index in [1.165, 1.54) is 75.6 Å². The van der Waals surface area contributed by atoms with Crippen LogP contribution in [0.3, 0.4) is 0 Å². The number of rotatable bonds is 16. The van der Waals surface area contributed by atoms with Crippen LogP contribution in [-0.2, 0) is 18.9 Å². The van der Waals surface area contributed by atoms with Gasteiger partial charge in [-0.1, -0.05) is 64.7 Å². The van der Waals surface area contributed by atoms with Crippen molar-refractivity contribution in [3.05, 3.63) is 35.6 Å². The molecule has 0 aromatic heterocycles. The van der Waals surface area contributed by atoms with Gasteiger partial charge in [-0.15, -0.1) is 0 Å². The van der Waals surface area contributed by atoms with E-state index in [4.69, 9.17) is 18.9 Å². The standard InChI is InChI=1S/C28H44FNO6/c1-4-5-6-7-8-9-10-11-12-13-18-33-27-25-24(35-28(2,3)36-25)23(34-27)22(19-31)30-26(32)20-14-16-21(29)17-15-20/h14-17,22-25,27,31H,4-13,18-19H2,1-3H3,(H,30,32)/t22-,23+,24-,25-,27-/m0/s1. The van der Waals surface area contributed by atoms with Gasteiger partial charge in [0.1, 0.15) is 24.1 Å². The molecule has 1 aromatic rings. The maximum Gasteiger partial charge on any atom is 0.251 e. The molecule has 1 aromatic carbocycles. The lowest BCUT2D eigenvalue weighted by Gasteiger charge is -2.28. The number of aliphatic hydroxyl groups excluding tert-OH is 1. The predicted molar refractivity (Wildman–Crippen MR) is 135 cm³/mol. The van der Waals surface area contributed by atoms with E-state index >= 15 is 0 Å². The van der Waals surface area contributed by atoms with Crippen LogP contribution < -0.4 is 5.32 Å². The van der Waals surface area contributed by atoms with E-state index in [1.54, 1.807) is 0 Å². The highest BCUT2D eigenvalue weighted by atomic mass is 19.1. The number of aliphatic hydroxyl groups is 1. The Morgan fingerprint density at radius 1 is 1.00 bits per heavy atom. The highest BCUT2D eigenvalue weighted by Crippen LogP contribution is 2.40. The molecule has 8 heteroatoms. The number of carbonyl (C=O) groups is 1. The summed E-state index contributed by atoms with van der Waals surface area (Å²) in [5, 5.41) is 12.8. The van der Waals surface area contributed by atoms with Crippen molar-refractivity contribution in [2.75, 3.05) is 13.2 Å². The zero-order chi connectivity index (χ0) is 26.0.